The molecule has 0 aliphatic rings. The highest BCUT2D eigenvalue weighted by molar-refractivity contribution is 7.07. The standard InChI is InChI=1S/C19H18FN3OS/c1-22(16-9-4-3-5-10-16)18(24)12-17-13-25-19(23(17)2)21-15-8-6-7-14(20)11-15/h3-11,13H,12H2,1-2H3. The van der Waals surface area contributed by atoms with E-state index < -0.39 is 0 Å². The molecular weight excluding hydrogens is 337 g/mol. The molecule has 0 N–H and O–H groups in total. The van der Waals surface area contributed by atoms with Crippen LogP contribution in [0.3, 0.4) is 0 Å². The second-order valence-electron chi connectivity index (χ2n) is 5.63. The molecule has 0 saturated heterocycles. The maximum Gasteiger partial charge on any atom is 0.232 e. The number of halogens is 1. The minimum Gasteiger partial charge on any atom is -0.323 e. The van der Waals surface area contributed by atoms with Gasteiger partial charge in [0.2, 0.25) is 5.91 Å². The molecule has 1 heterocycles. The number of rotatable bonds is 4. The number of carbonyl (C=O) groups excluding carboxylic acids is 1. The fraction of sp³-hybridized carbons (Fsp3) is 0.158. The molecule has 0 aliphatic carbocycles. The van der Waals surface area contributed by atoms with Gasteiger partial charge in [-0.1, -0.05) is 24.3 Å². The topological polar surface area (TPSA) is 37.6 Å². The van der Waals surface area contributed by atoms with E-state index in [-0.39, 0.29) is 18.1 Å². The SMILES string of the molecule is CN(C(=O)Cc1csc(=Nc2cccc(F)c2)n1C)c1ccccc1. The molecular formula is C19H18FN3OS. The molecule has 6 heteroatoms. The van der Waals surface area contributed by atoms with Gasteiger partial charge in [-0.05, 0) is 30.3 Å². The van der Waals surface area contributed by atoms with Gasteiger partial charge in [-0.25, -0.2) is 9.38 Å². The molecule has 4 nitrogen and oxygen atoms in total. The molecule has 0 atom stereocenters. The van der Waals surface area contributed by atoms with Crippen LogP contribution in [0.1, 0.15) is 5.69 Å². The van der Waals surface area contributed by atoms with E-state index in [4.69, 9.17) is 0 Å². The minimum absolute atomic E-state index is 0.00287. The third-order valence-corrected chi connectivity index (χ3v) is 4.87. The number of likely N-dealkylation sites (N-methyl/N-ethyl adjacent to an activating group) is 1. The number of thiazole rings is 1. The largest absolute Gasteiger partial charge is 0.323 e. The van der Waals surface area contributed by atoms with Crippen molar-refractivity contribution in [2.75, 3.05) is 11.9 Å². The van der Waals surface area contributed by atoms with E-state index >= 15 is 0 Å². The van der Waals surface area contributed by atoms with Gasteiger partial charge in [0, 0.05) is 30.9 Å². The lowest BCUT2D eigenvalue weighted by atomic mass is 10.2. The Balaban J connectivity index is 1.81. The Morgan fingerprint density at radius 1 is 1.20 bits per heavy atom. The van der Waals surface area contributed by atoms with Gasteiger partial charge in [0.25, 0.3) is 0 Å². The normalized spacial score (nSPS) is 11.6. The molecule has 1 aromatic heterocycles. The molecule has 0 saturated carbocycles. The maximum absolute atomic E-state index is 13.3. The number of anilines is 1. The van der Waals surface area contributed by atoms with E-state index in [1.807, 2.05) is 47.3 Å². The van der Waals surface area contributed by atoms with E-state index in [0.717, 1.165) is 16.2 Å². The Morgan fingerprint density at radius 3 is 2.68 bits per heavy atom. The van der Waals surface area contributed by atoms with E-state index in [9.17, 15) is 9.18 Å². The lowest BCUT2D eigenvalue weighted by Gasteiger charge is -2.17. The number of carbonyl (C=O) groups is 1. The number of para-hydroxylation sites is 1. The Labute approximate surface area is 149 Å². The monoisotopic (exact) mass is 355 g/mol. The first-order valence-electron chi connectivity index (χ1n) is 7.80. The molecule has 1 amide bonds. The second kappa shape index (κ2) is 7.44. The fourth-order valence-corrected chi connectivity index (χ4v) is 3.30. The Bertz CT molecular complexity index is 947. The predicted octanol–water partition coefficient (Wildman–Crippen LogP) is 3.66. The van der Waals surface area contributed by atoms with Gasteiger partial charge in [0.1, 0.15) is 5.82 Å². The Morgan fingerprint density at radius 2 is 1.96 bits per heavy atom. The number of benzene rings is 2. The van der Waals surface area contributed by atoms with Crippen LogP contribution in [0.4, 0.5) is 15.8 Å². The number of aromatic nitrogens is 1. The van der Waals surface area contributed by atoms with Gasteiger partial charge in [0.05, 0.1) is 12.1 Å². The Hall–Kier alpha value is -2.73. The van der Waals surface area contributed by atoms with E-state index in [1.165, 1.54) is 23.5 Å². The average molecular weight is 355 g/mol. The van der Waals surface area contributed by atoms with Crippen LogP contribution in [0.2, 0.25) is 0 Å². The van der Waals surface area contributed by atoms with Crippen molar-refractivity contribution in [3.63, 3.8) is 0 Å². The zero-order valence-electron chi connectivity index (χ0n) is 14.0. The zero-order valence-corrected chi connectivity index (χ0v) is 14.8. The van der Waals surface area contributed by atoms with Crippen molar-refractivity contribution in [3.05, 3.63) is 76.3 Å². The van der Waals surface area contributed by atoms with Gasteiger partial charge in [-0.15, -0.1) is 11.3 Å². The van der Waals surface area contributed by atoms with Gasteiger partial charge in [-0.2, -0.15) is 0 Å². The van der Waals surface area contributed by atoms with Gasteiger partial charge < -0.3 is 9.47 Å². The summed E-state index contributed by atoms with van der Waals surface area (Å²) in [5.41, 5.74) is 2.28. The smallest absolute Gasteiger partial charge is 0.232 e. The molecule has 0 fully saturated rings. The second-order valence-corrected chi connectivity index (χ2v) is 6.46. The van der Waals surface area contributed by atoms with Crippen LogP contribution in [-0.2, 0) is 18.3 Å². The van der Waals surface area contributed by atoms with E-state index in [0.29, 0.717) is 5.69 Å². The zero-order chi connectivity index (χ0) is 17.8. The lowest BCUT2D eigenvalue weighted by molar-refractivity contribution is -0.117. The fourth-order valence-electron chi connectivity index (χ4n) is 2.39. The number of nitrogens with zero attached hydrogens (tertiary/aromatic N) is 3. The van der Waals surface area contributed by atoms with Crippen molar-refractivity contribution in [2.24, 2.45) is 12.0 Å². The molecule has 2 aromatic carbocycles. The number of hydrogen-bond donors (Lipinski definition) is 0. The average Bonchev–Trinajstić information content (AvgIpc) is 2.95. The summed E-state index contributed by atoms with van der Waals surface area (Å²) in [6, 6.07) is 15.7. The summed E-state index contributed by atoms with van der Waals surface area (Å²) in [6.45, 7) is 0. The van der Waals surface area contributed by atoms with Crippen LogP contribution in [0.15, 0.2) is 65.0 Å². The predicted molar refractivity (Wildman–Crippen MR) is 98.5 cm³/mol. The molecule has 0 radical (unpaired) electrons. The summed E-state index contributed by atoms with van der Waals surface area (Å²) in [5, 5.41) is 1.91. The van der Waals surface area contributed by atoms with Crippen LogP contribution in [0.25, 0.3) is 0 Å². The third kappa shape index (κ3) is 4.03. The molecule has 0 bridgehead atoms. The van der Waals surface area contributed by atoms with Crippen LogP contribution in [0, 0.1) is 5.82 Å². The highest BCUT2D eigenvalue weighted by atomic mass is 32.1. The maximum atomic E-state index is 13.3. The summed E-state index contributed by atoms with van der Waals surface area (Å²) >= 11 is 1.43. The number of hydrogen-bond acceptors (Lipinski definition) is 3. The summed E-state index contributed by atoms with van der Waals surface area (Å²) in [4.78, 5) is 19.3. The molecule has 3 aromatic rings. The van der Waals surface area contributed by atoms with Crippen molar-refractivity contribution in [1.82, 2.24) is 4.57 Å². The van der Waals surface area contributed by atoms with Gasteiger partial charge in [0.15, 0.2) is 4.80 Å². The van der Waals surface area contributed by atoms with Crippen molar-refractivity contribution >= 4 is 28.6 Å². The first kappa shape index (κ1) is 17.1. The molecule has 0 unspecified atom stereocenters. The summed E-state index contributed by atoms with van der Waals surface area (Å²) in [7, 11) is 3.63. The van der Waals surface area contributed by atoms with Crippen LogP contribution in [-0.4, -0.2) is 17.5 Å². The summed E-state index contributed by atoms with van der Waals surface area (Å²) in [6.07, 6.45) is 0.275. The molecule has 3 rings (SSSR count). The van der Waals surface area contributed by atoms with Crippen LogP contribution < -0.4 is 9.70 Å². The minimum atomic E-state index is -0.319. The molecule has 25 heavy (non-hydrogen) atoms. The van der Waals surface area contributed by atoms with Crippen molar-refractivity contribution in [1.29, 1.82) is 0 Å². The lowest BCUT2D eigenvalue weighted by Crippen LogP contribution is -2.29. The molecule has 128 valence electrons. The van der Waals surface area contributed by atoms with E-state index in [1.54, 1.807) is 24.1 Å². The molecule has 0 aliphatic heterocycles. The van der Waals surface area contributed by atoms with Crippen LogP contribution >= 0.6 is 11.3 Å². The Kier molecular flexibility index (Phi) is 5.09. The van der Waals surface area contributed by atoms with Crippen molar-refractivity contribution in [2.45, 2.75) is 6.42 Å². The highest BCUT2D eigenvalue weighted by Crippen LogP contribution is 2.15. The first-order valence-corrected chi connectivity index (χ1v) is 8.68. The van der Waals surface area contributed by atoms with E-state index in [2.05, 4.69) is 4.99 Å². The summed E-state index contributed by atoms with van der Waals surface area (Å²) in [5.74, 6) is -0.322. The summed E-state index contributed by atoms with van der Waals surface area (Å²) < 4.78 is 15.2. The molecule has 0 spiro atoms. The first-order chi connectivity index (χ1) is 12.0. The van der Waals surface area contributed by atoms with Crippen molar-refractivity contribution in [3.8, 4) is 0 Å². The van der Waals surface area contributed by atoms with Crippen molar-refractivity contribution < 1.29 is 9.18 Å². The van der Waals surface area contributed by atoms with Gasteiger partial charge in [-0.3, -0.25) is 4.79 Å². The highest BCUT2D eigenvalue weighted by Gasteiger charge is 2.14. The third-order valence-electron chi connectivity index (χ3n) is 3.90. The quantitative estimate of drug-likeness (QED) is 0.704. The van der Waals surface area contributed by atoms with Crippen LogP contribution in [0.5, 0.6) is 0 Å². The number of amides is 1. The van der Waals surface area contributed by atoms with Gasteiger partial charge >= 0.3 is 0 Å².